The second-order valence-electron chi connectivity index (χ2n) is 7.59. The first kappa shape index (κ1) is 17.6. The first-order valence-electron chi connectivity index (χ1n) is 8.97. The number of Topliss-reactive ketones (excluding diaryl/α,β-unsaturated/α-hetero) is 2. The van der Waals surface area contributed by atoms with E-state index in [9.17, 15) is 14.4 Å². The van der Waals surface area contributed by atoms with E-state index in [-0.39, 0.29) is 17.6 Å². The Morgan fingerprint density at radius 3 is 2.48 bits per heavy atom. The molecule has 0 spiro atoms. The zero-order valence-corrected chi connectivity index (χ0v) is 15.1. The molecule has 1 N–H and O–H groups in total. The molecule has 0 saturated heterocycles. The molecular weight excluding hydrogens is 318 g/mol. The van der Waals surface area contributed by atoms with E-state index in [4.69, 9.17) is 4.74 Å². The summed E-state index contributed by atoms with van der Waals surface area (Å²) < 4.78 is 5.61. The average Bonchev–Trinajstić information content (AvgIpc) is 2.93. The quantitative estimate of drug-likeness (QED) is 0.488. The van der Waals surface area contributed by atoms with Crippen molar-refractivity contribution in [3.05, 3.63) is 24.3 Å². The van der Waals surface area contributed by atoms with Gasteiger partial charge in [0.15, 0.2) is 0 Å². The Morgan fingerprint density at radius 1 is 1.24 bits per heavy atom. The van der Waals surface area contributed by atoms with E-state index in [1.165, 1.54) is 0 Å². The van der Waals surface area contributed by atoms with Crippen LogP contribution in [-0.2, 0) is 14.4 Å². The number of rotatable bonds is 6. The molecule has 1 aromatic carbocycles. The molecule has 1 aromatic rings. The molecule has 0 heterocycles. The number of hydrogen-bond donors (Lipinski definition) is 1. The molecule has 2 unspecified atom stereocenters. The van der Waals surface area contributed by atoms with E-state index < -0.39 is 16.6 Å². The van der Waals surface area contributed by atoms with Crippen LogP contribution >= 0.6 is 0 Å². The van der Waals surface area contributed by atoms with Crippen molar-refractivity contribution >= 4 is 23.2 Å². The third kappa shape index (κ3) is 2.57. The Balaban J connectivity index is 1.74. The predicted molar refractivity (Wildman–Crippen MR) is 94.4 cm³/mol. The summed E-state index contributed by atoms with van der Waals surface area (Å²) >= 11 is 0. The Kier molecular flexibility index (Phi) is 4.43. The fourth-order valence-electron chi connectivity index (χ4n) is 4.29. The highest BCUT2D eigenvalue weighted by atomic mass is 16.5. The van der Waals surface area contributed by atoms with Gasteiger partial charge in [-0.2, -0.15) is 0 Å². The van der Waals surface area contributed by atoms with Crippen molar-refractivity contribution in [3.63, 3.8) is 0 Å². The highest BCUT2D eigenvalue weighted by molar-refractivity contribution is 6.48. The van der Waals surface area contributed by atoms with E-state index in [1.54, 1.807) is 24.3 Å². The van der Waals surface area contributed by atoms with E-state index >= 15 is 0 Å². The molecule has 2 bridgehead atoms. The third-order valence-corrected chi connectivity index (χ3v) is 5.97. The van der Waals surface area contributed by atoms with Gasteiger partial charge in [-0.15, -0.1) is 0 Å². The summed E-state index contributed by atoms with van der Waals surface area (Å²) in [6, 6.07) is 7.12. The maximum atomic E-state index is 12.9. The van der Waals surface area contributed by atoms with Gasteiger partial charge in [-0.3, -0.25) is 14.4 Å². The number of amides is 1. The molecule has 1 amide bonds. The zero-order valence-electron chi connectivity index (χ0n) is 15.1. The normalized spacial score (nSPS) is 26.8. The summed E-state index contributed by atoms with van der Waals surface area (Å²) in [5, 5.41) is 2.84. The minimum atomic E-state index is -1.23. The fraction of sp³-hybridized carbons (Fsp3) is 0.550. The summed E-state index contributed by atoms with van der Waals surface area (Å²) in [4.78, 5) is 37.6. The van der Waals surface area contributed by atoms with Crippen LogP contribution in [0.5, 0.6) is 5.75 Å². The monoisotopic (exact) mass is 343 g/mol. The van der Waals surface area contributed by atoms with Crippen molar-refractivity contribution in [2.75, 3.05) is 11.9 Å². The number of carbonyl (C=O) groups excluding carboxylic acids is 3. The van der Waals surface area contributed by atoms with Gasteiger partial charge in [-0.1, -0.05) is 27.2 Å². The topological polar surface area (TPSA) is 72.5 Å². The minimum absolute atomic E-state index is 0.333. The van der Waals surface area contributed by atoms with Gasteiger partial charge >= 0.3 is 0 Å². The highest BCUT2D eigenvalue weighted by Crippen LogP contribution is 2.62. The van der Waals surface area contributed by atoms with Gasteiger partial charge in [0.05, 0.1) is 6.61 Å². The van der Waals surface area contributed by atoms with Crippen LogP contribution < -0.4 is 10.1 Å². The van der Waals surface area contributed by atoms with E-state index in [0.29, 0.717) is 25.1 Å². The van der Waals surface area contributed by atoms with E-state index in [1.807, 2.05) is 13.8 Å². The smallest absolute Gasteiger partial charge is 0.239 e. The Hall–Kier alpha value is -2.17. The maximum Gasteiger partial charge on any atom is 0.239 e. The summed E-state index contributed by atoms with van der Waals surface area (Å²) in [5.74, 6) is -0.856. The van der Waals surface area contributed by atoms with Crippen LogP contribution in [0.25, 0.3) is 0 Å². The number of benzene rings is 1. The number of ketones is 2. The molecule has 0 aliphatic heterocycles. The van der Waals surface area contributed by atoms with Crippen LogP contribution in [0.3, 0.4) is 0 Å². The number of anilines is 1. The Labute approximate surface area is 148 Å². The SMILES string of the molecule is CCCCOc1ccc(NC(=O)C23CCC(C(=O)C2=O)C3(C)C)cc1. The van der Waals surface area contributed by atoms with Gasteiger partial charge in [0.25, 0.3) is 0 Å². The molecular formula is C20H25NO4. The van der Waals surface area contributed by atoms with Crippen LogP contribution in [0.15, 0.2) is 24.3 Å². The lowest BCUT2D eigenvalue weighted by Crippen LogP contribution is -2.47. The summed E-state index contributed by atoms with van der Waals surface area (Å²) in [5.41, 5.74) is -1.26. The number of unbranched alkanes of at least 4 members (excludes halogenated alkanes) is 1. The largest absolute Gasteiger partial charge is 0.494 e. The molecule has 0 radical (unpaired) electrons. The van der Waals surface area contributed by atoms with E-state index in [2.05, 4.69) is 12.2 Å². The van der Waals surface area contributed by atoms with Crippen molar-refractivity contribution in [2.45, 2.75) is 46.5 Å². The van der Waals surface area contributed by atoms with Crippen LogP contribution in [0.1, 0.15) is 46.5 Å². The lowest BCUT2D eigenvalue weighted by molar-refractivity contribution is -0.147. The van der Waals surface area contributed by atoms with Crippen molar-refractivity contribution < 1.29 is 19.1 Å². The van der Waals surface area contributed by atoms with Crippen LogP contribution in [0, 0.1) is 16.7 Å². The number of nitrogens with one attached hydrogen (secondary N) is 1. The second-order valence-corrected chi connectivity index (χ2v) is 7.59. The number of carbonyl (C=O) groups is 3. The van der Waals surface area contributed by atoms with Crippen molar-refractivity contribution in [3.8, 4) is 5.75 Å². The first-order valence-corrected chi connectivity index (χ1v) is 8.97. The first-order chi connectivity index (χ1) is 11.8. The number of fused-ring (bicyclic) bond motifs is 2. The molecule has 2 aliphatic carbocycles. The van der Waals surface area contributed by atoms with Gasteiger partial charge in [0.2, 0.25) is 17.5 Å². The maximum absolute atomic E-state index is 12.9. The summed E-state index contributed by atoms with van der Waals surface area (Å²) in [7, 11) is 0. The van der Waals surface area contributed by atoms with Crippen molar-refractivity contribution in [1.29, 1.82) is 0 Å². The molecule has 5 heteroatoms. The van der Waals surface area contributed by atoms with Gasteiger partial charge in [-0.25, -0.2) is 0 Å². The summed E-state index contributed by atoms with van der Waals surface area (Å²) in [6.45, 7) is 6.48. The van der Waals surface area contributed by atoms with Crippen LogP contribution in [0.4, 0.5) is 5.69 Å². The van der Waals surface area contributed by atoms with Crippen molar-refractivity contribution in [1.82, 2.24) is 0 Å². The number of ether oxygens (including phenoxy) is 1. The predicted octanol–water partition coefficient (Wildman–Crippen LogP) is 3.38. The average molecular weight is 343 g/mol. The molecule has 5 nitrogen and oxygen atoms in total. The Bertz CT molecular complexity index is 707. The second kappa shape index (κ2) is 6.28. The molecule has 0 aromatic heterocycles. The lowest BCUT2D eigenvalue weighted by atomic mass is 9.68. The fourth-order valence-corrected chi connectivity index (χ4v) is 4.29. The van der Waals surface area contributed by atoms with Gasteiger partial charge in [0.1, 0.15) is 11.2 Å². The Morgan fingerprint density at radius 2 is 1.92 bits per heavy atom. The zero-order chi connectivity index (χ0) is 18.2. The van der Waals surface area contributed by atoms with Crippen molar-refractivity contribution in [2.24, 2.45) is 16.7 Å². The molecule has 2 aliphatic rings. The van der Waals surface area contributed by atoms with Crippen LogP contribution in [0.2, 0.25) is 0 Å². The van der Waals surface area contributed by atoms with Gasteiger partial charge < -0.3 is 10.1 Å². The third-order valence-electron chi connectivity index (χ3n) is 5.97. The standard InChI is InChI=1S/C20H25NO4/c1-4-5-12-25-14-8-6-13(7-9-14)21-18(24)20-11-10-15(19(20,2)3)16(22)17(20)23/h6-9,15H,4-5,10-12H2,1-3H3,(H,21,24). The molecule has 2 atom stereocenters. The van der Waals surface area contributed by atoms with Gasteiger partial charge in [-0.05, 0) is 48.9 Å². The van der Waals surface area contributed by atoms with Gasteiger partial charge in [0, 0.05) is 11.6 Å². The highest BCUT2D eigenvalue weighted by Gasteiger charge is 2.72. The lowest BCUT2D eigenvalue weighted by Gasteiger charge is -2.33. The minimum Gasteiger partial charge on any atom is -0.494 e. The number of hydrogen-bond acceptors (Lipinski definition) is 4. The molecule has 2 saturated carbocycles. The molecule has 3 rings (SSSR count). The molecule has 2 fully saturated rings. The molecule has 134 valence electrons. The summed E-state index contributed by atoms with van der Waals surface area (Å²) in [6.07, 6.45) is 3.11. The van der Waals surface area contributed by atoms with E-state index in [0.717, 1.165) is 18.6 Å². The van der Waals surface area contributed by atoms with Crippen LogP contribution in [-0.4, -0.2) is 24.1 Å². The molecule has 25 heavy (non-hydrogen) atoms.